The van der Waals surface area contributed by atoms with E-state index in [-0.39, 0.29) is 12.3 Å². The Bertz CT molecular complexity index is 1170. The topological polar surface area (TPSA) is 88.1 Å². The number of ether oxygens (including phenoxy) is 1. The molecule has 2 aromatic heterocycles. The minimum absolute atomic E-state index is 0.0747. The summed E-state index contributed by atoms with van der Waals surface area (Å²) < 4.78 is 9.91. The summed E-state index contributed by atoms with van der Waals surface area (Å²) in [5, 5.41) is 16.3. The van der Waals surface area contributed by atoms with E-state index in [0.717, 1.165) is 52.0 Å². The summed E-state index contributed by atoms with van der Waals surface area (Å²) in [7, 11) is 0. The molecule has 29 heavy (non-hydrogen) atoms. The van der Waals surface area contributed by atoms with Gasteiger partial charge < -0.3 is 14.8 Å². The zero-order valence-corrected chi connectivity index (χ0v) is 16.4. The lowest BCUT2D eigenvalue weighted by molar-refractivity contribution is -0.137. The quantitative estimate of drug-likeness (QED) is 0.482. The number of fused-ring (bicyclic) bond motifs is 3. The summed E-state index contributed by atoms with van der Waals surface area (Å²) in [5.74, 6) is 0.141. The Morgan fingerprint density at radius 1 is 1.24 bits per heavy atom. The first-order valence-electron chi connectivity index (χ1n) is 9.53. The highest BCUT2D eigenvalue weighted by Crippen LogP contribution is 2.40. The number of hydrogen-bond acceptors (Lipinski definition) is 5. The van der Waals surface area contributed by atoms with Gasteiger partial charge in [-0.3, -0.25) is 4.79 Å². The second-order valence-electron chi connectivity index (χ2n) is 7.33. The summed E-state index contributed by atoms with van der Waals surface area (Å²) in [6.07, 6.45) is 1.97. The van der Waals surface area contributed by atoms with Gasteiger partial charge in [-0.15, -0.1) is 5.10 Å². The number of hydrogen-bond donors (Lipinski definition) is 2. The van der Waals surface area contributed by atoms with Crippen molar-refractivity contribution in [2.45, 2.75) is 31.8 Å². The second kappa shape index (κ2) is 7.33. The maximum absolute atomic E-state index is 11.1. The SMILES string of the molecule is O=C(O)CC1CCc2c1[nH]c1ccc(OCc3ccc(-c4csnn4)cc3)cc21. The van der Waals surface area contributed by atoms with Crippen molar-refractivity contribution in [2.75, 3.05) is 0 Å². The number of aliphatic carboxylic acids is 1. The Kier molecular flexibility index (Phi) is 4.52. The molecule has 2 aromatic carbocycles. The normalized spacial score (nSPS) is 15.5. The molecule has 1 aliphatic rings. The van der Waals surface area contributed by atoms with Crippen LogP contribution in [0.5, 0.6) is 5.75 Å². The zero-order valence-electron chi connectivity index (χ0n) is 15.6. The van der Waals surface area contributed by atoms with E-state index in [1.807, 2.05) is 41.8 Å². The van der Waals surface area contributed by atoms with E-state index in [4.69, 9.17) is 9.84 Å². The van der Waals surface area contributed by atoms with Crippen molar-refractivity contribution in [3.63, 3.8) is 0 Å². The molecule has 0 saturated carbocycles. The number of benzene rings is 2. The van der Waals surface area contributed by atoms with E-state index >= 15 is 0 Å². The van der Waals surface area contributed by atoms with Crippen LogP contribution in [0.15, 0.2) is 47.8 Å². The fourth-order valence-electron chi connectivity index (χ4n) is 4.06. The van der Waals surface area contributed by atoms with Crippen LogP contribution in [0.2, 0.25) is 0 Å². The summed E-state index contributed by atoms with van der Waals surface area (Å²) in [6.45, 7) is 0.482. The number of nitrogens with zero attached hydrogens (tertiary/aromatic N) is 2. The van der Waals surface area contributed by atoms with E-state index in [9.17, 15) is 4.79 Å². The molecular formula is C22H19N3O3S. The predicted octanol–water partition coefficient (Wildman–Crippen LogP) is 4.77. The number of carboxylic acids is 1. The highest BCUT2D eigenvalue weighted by molar-refractivity contribution is 7.03. The highest BCUT2D eigenvalue weighted by Gasteiger charge is 2.28. The van der Waals surface area contributed by atoms with Gasteiger partial charge in [0.05, 0.1) is 6.42 Å². The standard InChI is InChI=1S/C22H19N3O3S/c26-21(27)9-15-5-7-17-18-10-16(6-8-19(18)23-22(15)17)28-11-13-1-3-14(4-2-13)20-12-29-25-24-20/h1-4,6,8,10,12,15,23H,5,7,9,11H2,(H,26,27). The van der Waals surface area contributed by atoms with Crippen molar-refractivity contribution >= 4 is 28.4 Å². The first kappa shape index (κ1) is 17.9. The maximum atomic E-state index is 11.1. The molecule has 5 rings (SSSR count). The smallest absolute Gasteiger partial charge is 0.304 e. The predicted molar refractivity (Wildman–Crippen MR) is 111 cm³/mol. The fourth-order valence-corrected chi connectivity index (χ4v) is 4.53. The lowest BCUT2D eigenvalue weighted by atomic mass is 10.0. The molecule has 2 N–H and O–H groups in total. The molecule has 4 aromatic rings. The molecule has 0 aliphatic heterocycles. The van der Waals surface area contributed by atoms with Crippen LogP contribution in [0, 0.1) is 0 Å². The number of rotatable bonds is 6. The minimum Gasteiger partial charge on any atom is -0.489 e. The Hall–Kier alpha value is -3.19. The van der Waals surface area contributed by atoms with Crippen molar-refractivity contribution in [1.82, 2.24) is 14.6 Å². The number of aromatic amines is 1. The molecule has 146 valence electrons. The number of H-pyrrole nitrogens is 1. The van der Waals surface area contributed by atoms with Gasteiger partial charge in [0.1, 0.15) is 18.1 Å². The van der Waals surface area contributed by atoms with E-state index in [1.54, 1.807) is 0 Å². The van der Waals surface area contributed by atoms with Crippen LogP contribution in [0.25, 0.3) is 22.2 Å². The van der Waals surface area contributed by atoms with Crippen LogP contribution < -0.4 is 4.74 Å². The van der Waals surface area contributed by atoms with E-state index < -0.39 is 5.97 Å². The van der Waals surface area contributed by atoms with Gasteiger partial charge in [-0.25, -0.2) is 0 Å². The number of aromatic nitrogens is 3. The van der Waals surface area contributed by atoms with Gasteiger partial charge in [-0.2, -0.15) is 0 Å². The summed E-state index contributed by atoms with van der Waals surface area (Å²) >= 11 is 1.34. The first-order valence-corrected chi connectivity index (χ1v) is 10.4. The molecule has 7 heteroatoms. The molecule has 0 saturated heterocycles. The average Bonchev–Trinajstić information content (AvgIpc) is 3.45. The molecule has 2 heterocycles. The Labute approximate surface area is 171 Å². The van der Waals surface area contributed by atoms with Gasteiger partial charge in [-0.05, 0) is 53.7 Å². The van der Waals surface area contributed by atoms with Crippen LogP contribution in [0.4, 0.5) is 0 Å². The Balaban J connectivity index is 1.32. The van der Waals surface area contributed by atoms with Crippen LogP contribution in [-0.2, 0) is 17.8 Å². The molecule has 1 atom stereocenters. The Morgan fingerprint density at radius 2 is 2.10 bits per heavy atom. The number of carbonyl (C=O) groups is 1. The third-order valence-electron chi connectivity index (χ3n) is 5.50. The molecule has 0 amide bonds. The fraction of sp³-hybridized carbons (Fsp3) is 0.227. The van der Waals surface area contributed by atoms with Gasteiger partial charge >= 0.3 is 5.97 Å². The van der Waals surface area contributed by atoms with Gasteiger partial charge in [0.25, 0.3) is 0 Å². The van der Waals surface area contributed by atoms with Crippen molar-refractivity contribution in [2.24, 2.45) is 0 Å². The third kappa shape index (κ3) is 3.49. The van der Waals surface area contributed by atoms with Crippen molar-refractivity contribution in [3.05, 3.63) is 64.7 Å². The van der Waals surface area contributed by atoms with E-state index in [2.05, 4.69) is 20.6 Å². The first-order chi connectivity index (χ1) is 14.2. The average molecular weight is 405 g/mol. The Morgan fingerprint density at radius 3 is 2.86 bits per heavy atom. The summed E-state index contributed by atoms with van der Waals surface area (Å²) in [5.41, 5.74) is 6.36. The summed E-state index contributed by atoms with van der Waals surface area (Å²) in [6, 6.07) is 14.2. The lowest BCUT2D eigenvalue weighted by Gasteiger charge is -2.08. The number of nitrogens with one attached hydrogen (secondary N) is 1. The van der Waals surface area contributed by atoms with Crippen LogP contribution >= 0.6 is 11.5 Å². The number of carboxylic acid groups (broad SMARTS) is 1. The second-order valence-corrected chi connectivity index (χ2v) is 7.94. The molecule has 0 bridgehead atoms. The highest BCUT2D eigenvalue weighted by atomic mass is 32.1. The van der Waals surface area contributed by atoms with Gasteiger partial charge in [0.15, 0.2) is 0 Å². The van der Waals surface area contributed by atoms with E-state index in [1.165, 1.54) is 17.1 Å². The lowest BCUT2D eigenvalue weighted by Crippen LogP contribution is -2.03. The molecule has 0 fully saturated rings. The summed E-state index contributed by atoms with van der Waals surface area (Å²) in [4.78, 5) is 14.5. The van der Waals surface area contributed by atoms with E-state index in [0.29, 0.717) is 6.61 Å². The minimum atomic E-state index is -0.748. The molecule has 0 radical (unpaired) electrons. The largest absolute Gasteiger partial charge is 0.489 e. The van der Waals surface area contributed by atoms with Crippen LogP contribution in [-0.4, -0.2) is 25.6 Å². The molecule has 1 aliphatic carbocycles. The molecule has 1 unspecified atom stereocenters. The van der Waals surface area contributed by atoms with Crippen molar-refractivity contribution in [1.29, 1.82) is 0 Å². The molecule has 6 nitrogen and oxygen atoms in total. The third-order valence-corrected chi connectivity index (χ3v) is 6.00. The van der Waals surface area contributed by atoms with Crippen molar-refractivity contribution in [3.8, 4) is 17.0 Å². The number of aryl methyl sites for hydroxylation is 1. The zero-order chi connectivity index (χ0) is 19.8. The van der Waals surface area contributed by atoms with Gasteiger partial charge in [0.2, 0.25) is 0 Å². The van der Waals surface area contributed by atoms with Gasteiger partial charge in [0, 0.05) is 33.5 Å². The molecular weight excluding hydrogens is 386 g/mol. The van der Waals surface area contributed by atoms with Crippen LogP contribution in [0.3, 0.4) is 0 Å². The van der Waals surface area contributed by atoms with Crippen LogP contribution in [0.1, 0.15) is 35.6 Å². The monoisotopic (exact) mass is 405 g/mol. The molecule has 0 spiro atoms. The maximum Gasteiger partial charge on any atom is 0.304 e. The van der Waals surface area contributed by atoms with Gasteiger partial charge in [-0.1, -0.05) is 28.8 Å². The van der Waals surface area contributed by atoms with Crippen molar-refractivity contribution < 1.29 is 14.6 Å².